The largest absolute Gasteiger partial charge is 0.477 e. The highest BCUT2D eigenvalue weighted by Crippen LogP contribution is 2.29. The first-order chi connectivity index (χ1) is 8.95. The van der Waals surface area contributed by atoms with E-state index in [-0.39, 0.29) is 14.6 Å². The first kappa shape index (κ1) is 16.9. The van der Waals surface area contributed by atoms with Crippen molar-refractivity contribution in [2.75, 3.05) is 13.6 Å². The van der Waals surface area contributed by atoms with Crippen molar-refractivity contribution < 1.29 is 31.5 Å². The molecule has 1 rings (SSSR count). The summed E-state index contributed by atoms with van der Waals surface area (Å²) < 4.78 is 60.6. The zero-order valence-corrected chi connectivity index (χ0v) is 12.2. The van der Waals surface area contributed by atoms with Crippen LogP contribution < -0.4 is 0 Å². The smallest absolute Gasteiger partial charge is 0.390 e. The summed E-state index contributed by atoms with van der Waals surface area (Å²) in [6, 6.07) is 1.15. The fourth-order valence-electron chi connectivity index (χ4n) is 1.35. The number of aromatic carboxylic acids is 1. The predicted molar refractivity (Wildman–Crippen MR) is 66.5 cm³/mol. The number of carboxylic acid groups (broad SMARTS) is 1. The standard InChI is InChI=1S/C10H12F3NO4S2/c1-6-5-7(19-8(6)9(15)16)20(17,18)14(2)4-3-10(11,12)13/h5H,3-4H2,1-2H3,(H,15,16). The topological polar surface area (TPSA) is 74.7 Å². The fourth-order valence-corrected chi connectivity index (χ4v) is 4.11. The number of nitrogens with zero attached hydrogens (tertiary/aromatic N) is 1. The summed E-state index contributed by atoms with van der Waals surface area (Å²) in [6.07, 6.45) is -5.72. The number of hydrogen-bond acceptors (Lipinski definition) is 4. The second-order valence-corrected chi connectivity index (χ2v) is 7.40. The Morgan fingerprint density at radius 3 is 2.40 bits per heavy atom. The van der Waals surface area contributed by atoms with Crippen molar-refractivity contribution in [2.45, 2.75) is 23.7 Å². The third kappa shape index (κ3) is 3.93. The maximum atomic E-state index is 12.1. The van der Waals surface area contributed by atoms with Crippen molar-refractivity contribution in [3.05, 3.63) is 16.5 Å². The van der Waals surface area contributed by atoms with Gasteiger partial charge >= 0.3 is 12.1 Å². The number of aryl methyl sites for hydroxylation is 1. The first-order valence-corrected chi connectivity index (χ1v) is 7.57. The van der Waals surface area contributed by atoms with Crippen molar-refractivity contribution >= 4 is 27.3 Å². The predicted octanol–water partition coefficient (Wildman–Crippen LogP) is 2.33. The van der Waals surface area contributed by atoms with Gasteiger partial charge in [-0.2, -0.15) is 17.5 Å². The molecule has 0 fully saturated rings. The summed E-state index contributed by atoms with van der Waals surface area (Å²) in [5.74, 6) is -1.27. The average Bonchev–Trinajstić information content (AvgIpc) is 2.67. The van der Waals surface area contributed by atoms with Gasteiger partial charge in [-0.25, -0.2) is 13.2 Å². The highest BCUT2D eigenvalue weighted by Gasteiger charge is 2.31. The fraction of sp³-hybridized carbons (Fsp3) is 0.500. The van der Waals surface area contributed by atoms with Crippen molar-refractivity contribution in [3.8, 4) is 0 Å². The van der Waals surface area contributed by atoms with Gasteiger partial charge in [-0.3, -0.25) is 0 Å². The summed E-state index contributed by atoms with van der Waals surface area (Å²) in [6.45, 7) is 0.708. The lowest BCUT2D eigenvalue weighted by Gasteiger charge is -2.16. The van der Waals surface area contributed by atoms with Crippen LogP contribution in [-0.2, 0) is 10.0 Å². The van der Waals surface area contributed by atoms with Gasteiger partial charge in [0.2, 0.25) is 0 Å². The molecule has 5 nitrogen and oxygen atoms in total. The first-order valence-electron chi connectivity index (χ1n) is 5.32. The molecular weight excluding hydrogens is 319 g/mol. The highest BCUT2D eigenvalue weighted by molar-refractivity contribution is 7.91. The Morgan fingerprint density at radius 1 is 1.45 bits per heavy atom. The number of carbonyl (C=O) groups is 1. The highest BCUT2D eigenvalue weighted by atomic mass is 32.2. The van der Waals surface area contributed by atoms with E-state index < -0.39 is 35.1 Å². The monoisotopic (exact) mass is 331 g/mol. The van der Waals surface area contributed by atoms with Gasteiger partial charge in [0.1, 0.15) is 9.09 Å². The van der Waals surface area contributed by atoms with Crippen LogP contribution in [0.25, 0.3) is 0 Å². The molecule has 0 radical (unpaired) electrons. The van der Waals surface area contributed by atoms with Crippen LogP contribution in [0.4, 0.5) is 13.2 Å². The van der Waals surface area contributed by atoms with Gasteiger partial charge in [0, 0.05) is 13.6 Å². The van der Waals surface area contributed by atoms with Crippen LogP contribution in [0.5, 0.6) is 0 Å². The second kappa shape index (κ2) is 5.70. The molecule has 1 heterocycles. The molecule has 0 aliphatic rings. The number of alkyl halides is 3. The van der Waals surface area contributed by atoms with Gasteiger partial charge in [0.05, 0.1) is 6.42 Å². The summed E-state index contributed by atoms with van der Waals surface area (Å²) >= 11 is 0.526. The van der Waals surface area contributed by atoms with E-state index in [0.29, 0.717) is 15.6 Å². The van der Waals surface area contributed by atoms with Crippen molar-refractivity contribution in [1.29, 1.82) is 0 Å². The molecule has 0 aliphatic heterocycles. The van der Waals surface area contributed by atoms with E-state index >= 15 is 0 Å². The lowest BCUT2D eigenvalue weighted by molar-refractivity contribution is -0.135. The maximum absolute atomic E-state index is 12.1. The zero-order valence-electron chi connectivity index (χ0n) is 10.6. The van der Waals surface area contributed by atoms with Gasteiger partial charge in [-0.05, 0) is 18.6 Å². The molecule has 0 aromatic carbocycles. The summed E-state index contributed by atoms with van der Waals surface area (Å²) in [4.78, 5) is 10.7. The SMILES string of the molecule is Cc1cc(S(=O)(=O)N(C)CCC(F)(F)F)sc1C(=O)O. The maximum Gasteiger partial charge on any atom is 0.390 e. The quantitative estimate of drug-likeness (QED) is 0.898. The molecule has 1 aromatic rings. The third-order valence-electron chi connectivity index (χ3n) is 2.46. The minimum Gasteiger partial charge on any atom is -0.477 e. The van der Waals surface area contributed by atoms with Gasteiger partial charge < -0.3 is 5.11 Å². The lowest BCUT2D eigenvalue weighted by atomic mass is 10.3. The molecule has 1 N–H and O–H groups in total. The van der Waals surface area contributed by atoms with Crippen LogP contribution in [0.1, 0.15) is 21.7 Å². The normalized spacial score (nSPS) is 12.9. The summed E-state index contributed by atoms with van der Waals surface area (Å²) in [5.41, 5.74) is 0.255. The molecule has 0 bridgehead atoms. The van der Waals surface area contributed by atoms with Crippen LogP contribution in [-0.4, -0.2) is 43.6 Å². The van der Waals surface area contributed by atoms with Gasteiger partial charge in [0.25, 0.3) is 10.0 Å². The van der Waals surface area contributed by atoms with Gasteiger partial charge in [0.15, 0.2) is 0 Å². The number of thiophene rings is 1. The van der Waals surface area contributed by atoms with E-state index in [2.05, 4.69) is 0 Å². The van der Waals surface area contributed by atoms with E-state index in [1.54, 1.807) is 0 Å². The Labute approximate surface area is 117 Å². The van der Waals surface area contributed by atoms with Gasteiger partial charge in [-0.1, -0.05) is 0 Å². The Bertz CT molecular complexity index is 607. The minimum atomic E-state index is -4.46. The molecule has 0 unspecified atom stereocenters. The van der Waals surface area contributed by atoms with Crippen molar-refractivity contribution in [2.24, 2.45) is 0 Å². The molecule has 0 aliphatic carbocycles. The third-order valence-corrected chi connectivity index (χ3v) is 6.00. The van der Waals surface area contributed by atoms with E-state index in [4.69, 9.17) is 5.11 Å². The number of rotatable bonds is 5. The molecule has 20 heavy (non-hydrogen) atoms. The Balaban J connectivity index is 2.99. The molecule has 0 spiro atoms. The number of hydrogen-bond donors (Lipinski definition) is 1. The van der Waals surface area contributed by atoms with E-state index in [9.17, 15) is 26.4 Å². The van der Waals surface area contributed by atoms with E-state index in [1.807, 2.05) is 0 Å². The van der Waals surface area contributed by atoms with Crippen LogP contribution in [0.2, 0.25) is 0 Å². The lowest BCUT2D eigenvalue weighted by Crippen LogP contribution is -2.30. The van der Waals surface area contributed by atoms with Crippen molar-refractivity contribution in [3.63, 3.8) is 0 Å². The molecular formula is C10H12F3NO4S2. The number of sulfonamides is 1. The molecule has 114 valence electrons. The Kier molecular flexibility index (Phi) is 4.82. The Morgan fingerprint density at radius 2 is 2.00 bits per heavy atom. The van der Waals surface area contributed by atoms with Crippen LogP contribution >= 0.6 is 11.3 Å². The van der Waals surface area contributed by atoms with Crippen LogP contribution in [0.15, 0.2) is 10.3 Å². The molecule has 0 saturated carbocycles. The van der Waals surface area contributed by atoms with Crippen LogP contribution in [0.3, 0.4) is 0 Å². The van der Waals surface area contributed by atoms with E-state index in [0.717, 1.165) is 13.1 Å². The molecule has 0 amide bonds. The summed E-state index contributed by atoms with van der Waals surface area (Å²) in [7, 11) is -3.08. The van der Waals surface area contributed by atoms with E-state index in [1.165, 1.54) is 6.92 Å². The minimum absolute atomic E-state index is 0.146. The summed E-state index contributed by atoms with van der Waals surface area (Å²) in [5, 5.41) is 8.85. The van der Waals surface area contributed by atoms with Crippen LogP contribution in [0, 0.1) is 6.92 Å². The average molecular weight is 331 g/mol. The molecule has 1 aromatic heterocycles. The second-order valence-electron chi connectivity index (χ2n) is 4.07. The van der Waals surface area contributed by atoms with Gasteiger partial charge in [-0.15, -0.1) is 11.3 Å². The molecule has 10 heteroatoms. The molecule has 0 saturated heterocycles. The Hall–Kier alpha value is -1.13. The number of carboxylic acids is 1. The molecule has 0 atom stereocenters. The van der Waals surface area contributed by atoms with Crippen molar-refractivity contribution in [1.82, 2.24) is 4.31 Å². The number of halogens is 3. The zero-order chi connectivity index (χ0) is 15.7.